The van der Waals surface area contributed by atoms with Crippen molar-refractivity contribution >= 4 is 33.4 Å². The first kappa shape index (κ1) is 24.1. The molecule has 1 aromatic rings. The van der Waals surface area contributed by atoms with Gasteiger partial charge in [-0.1, -0.05) is 6.42 Å². The van der Waals surface area contributed by atoms with Crippen LogP contribution in [-0.2, 0) is 4.79 Å². The minimum absolute atomic E-state index is 0.0480. The molecule has 0 atom stereocenters. The number of nitrogens with zero attached hydrogens (tertiary/aromatic N) is 2. The van der Waals surface area contributed by atoms with Gasteiger partial charge in [-0.05, 0) is 76.0 Å². The first-order valence-corrected chi connectivity index (χ1v) is 11.4. The van der Waals surface area contributed by atoms with Crippen molar-refractivity contribution in [2.24, 2.45) is 5.73 Å². The topological polar surface area (TPSA) is 66.6 Å². The van der Waals surface area contributed by atoms with E-state index in [4.69, 9.17) is 5.73 Å². The quantitative estimate of drug-likeness (QED) is 0.644. The van der Waals surface area contributed by atoms with Gasteiger partial charge in [0.05, 0.1) is 0 Å². The standard InChI is InChI=1S/C21H30FN3O2.Cl2/c22-18-8-6-17(7-9-18)19(26)5-4-12-24-15-10-21(11-16-24,20(23)27)25-13-2-1-3-14-25;1-2/h6-9H,1-5,10-16H2,(H2,23,27);. The summed E-state index contributed by atoms with van der Waals surface area (Å²) in [5.41, 5.74) is 5.90. The maximum absolute atomic E-state index is 12.9. The van der Waals surface area contributed by atoms with Crippen molar-refractivity contribution in [2.45, 2.75) is 50.5 Å². The minimum atomic E-state index is -0.485. The molecule has 8 heteroatoms. The first-order valence-electron chi connectivity index (χ1n) is 10.2. The molecule has 2 N–H and O–H groups in total. The van der Waals surface area contributed by atoms with Crippen LogP contribution in [0.15, 0.2) is 24.3 Å². The van der Waals surface area contributed by atoms with Crippen LogP contribution < -0.4 is 5.73 Å². The number of rotatable bonds is 7. The number of carbonyl (C=O) groups is 2. The molecule has 0 radical (unpaired) electrons. The lowest BCUT2D eigenvalue weighted by atomic mass is 9.83. The number of ketones is 1. The summed E-state index contributed by atoms with van der Waals surface area (Å²) in [7, 11) is 8.22. The van der Waals surface area contributed by atoms with E-state index in [9.17, 15) is 14.0 Å². The summed E-state index contributed by atoms with van der Waals surface area (Å²) in [6, 6.07) is 5.72. The van der Waals surface area contributed by atoms with E-state index in [2.05, 4.69) is 31.5 Å². The van der Waals surface area contributed by atoms with Crippen molar-refractivity contribution in [3.63, 3.8) is 0 Å². The Morgan fingerprint density at radius 2 is 1.59 bits per heavy atom. The predicted molar refractivity (Wildman–Crippen MR) is 115 cm³/mol. The third-order valence-corrected chi connectivity index (χ3v) is 6.15. The van der Waals surface area contributed by atoms with Crippen molar-refractivity contribution in [3.05, 3.63) is 35.6 Å². The molecule has 0 saturated carbocycles. The fraction of sp³-hybridized carbons (Fsp3) is 0.619. The number of nitrogens with two attached hydrogens (primary N) is 1. The number of amides is 1. The molecule has 2 fully saturated rings. The van der Waals surface area contributed by atoms with Crippen molar-refractivity contribution in [1.82, 2.24) is 9.80 Å². The van der Waals surface area contributed by atoms with Gasteiger partial charge in [-0.25, -0.2) is 4.39 Å². The summed E-state index contributed by atoms with van der Waals surface area (Å²) in [6.07, 6.45) is 6.29. The summed E-state index contributed by atoms with van der Waals surface area (Å²) >= 11 is 0. The zero-order valence-electron chi connectivity index (χ0n) is 16.7. The predicted octanol–water partition coefficient (Wildman–Crippen LogP) is 3.97. The fourth-order valence-electron chi connectivity index (χ4n) is 4.43. The average Bonchev–Trinajstić information content (AvgIpc) is 2.76. The molecule has 2 heterocycles. The van der Waals surface area contributed by atoms with E-state index in [1.165, 1.54) is 18.6 Å². The van der Waals surface area contributed by atoms with E-state index < -0.39 is 5.54 Å². The highest BCUT2D eigenvalue weighted by atomic mass is 36.5. The number of hydrogen-bond donors (Lipinski definition) is 1. The summed E-state index contributed by atoms with van der Waals surface area (Å²) < 4.78 is 12.9. The van der Waals surface area contributed by atoms with E-state index in [0.29, 0.717) is 12.0 Å². The molecule has 3 rings (SSSR count). The van der Waals surface area contributed by atoms with Gasteiger partial charge in [0.15, 0.2) is 5.78 Å². The van der Waals surface area contributed by atoms with Gasteiger partial charge in [0, 0.05) is 46.8 Å². The highest BCUT2D eigenvalue weighted by Gasteiger charge is 2.44. The number of Topliss-reactive ketones (excluding diaryl/α,β-unsaturated/α-hetero) is 1. The second-order valence-corrected chi connectivity index (χ2v) is 7.82. The Morgan fingerprint density at radius 3 is 2.14 bits per heavy atom. The van der Waals surface area contributed by atoms with Crippen LogP contribution in [0, 0.1) is 5.82 Å². The molecule has 0 aliphatic carbocycles. The number of primary amides is 1. The van der Waals surface area contributed by atoms with Crippen molar-refractivity contribution in [3.8, 4) is 0 Å². The van der Waals surface area contributed by atoms with E-state index in [1.54, 1.807) is 12.1 Å². The summed E-state index contributed by atoms with van der Waals surface area (Å²) in [6.45, 7) is 4.44. The first-order chi connectivity index (χ1) is 14.0. The summed E-state index contributed by atoms with van der Waals surface area (Å²) in [4.78, 5) is 29.1. The molecule has 29 heavy (non-hydrogen) atoms. The normalized spacial score (nSPS) is 19.8. The number of halogens is 3. The number of likely N-dealkylation sites (tertiary alicyclic amines) is 2. The van der Waals surface area contributed by atoms with Gasteiger partial charge < -0.3 is 10.6 Å². The van der Waals surface area contributed by atoms with Crippen molar-refractivity contribution in [2.75, 3.05) is 32.7 Å². The second kappa shape index (κ2) is 11.8. The van der Waals surface area contributed by atoms with Crippen LogP contribution in [0.25, 0.3) is 0 Å². The molecule has 2 aliphatic heterocycles. The molecule has 0 aromatic heterocycles. The molecule has 2 saturated heterocycles. The molecule has 1 aromatic carbocycles. The van der Waals surface area contributed by atoms with Gasteiger partial charge in [0.2, 0.25) is 5.91 Å². The Hall–Kier alpha value is -1.21. The molecule has 1 amide bonds. The van der Waals surface area contributed by atoms with E-state index in [-0.39, 0.29) is 17.5 Å². The Balaban J connectivity index is 0.00000145. The zero-order chi connectivity index (χ0) is 21.3. The Bertz CT molecular complexity index is 658. The molecule has 162 valence electrons. The SMILES string of the molecule is ClCl.NC(=O)C1(N2CCCCC2)CCN(CCCC(=O)c2ccc(F)cc2)CC1. The largest absolute Gasteiger partial charge is 0.368 e. The smallest absolute Gasteiger partial charge is 0.238 e. The Labute approximate surface area is 181 Å². The highest BCUT2D eigenvalue weighted by Crippen LogP contribution is 2.31. The number of carbonyl (C=O) groups excluding carboxylic acids is 2. The van der Waals surface area contributed by atoms with Gasteiger partial charge in [-0.3, -0.25) is 14.5 Å². The number of hydrogen-bond acceptors (Lipinski definition) is 4. The van der Waals surface area contributed by atoms with Gasteiger partial charge >= 0.3 is 0 Å². The lowest BCUT2D eigenvalue weighted by Gasteiger charge is -2.48. The molecule has 2 aliphatic rings. The third kappa shape index (κ3) is 6.38. The van der Waals surface area contributed by atoms with Crippen molar-refractivity contribution < 1.29 is 14.0 Å². The monoisotopic (exact) mass is 445 g/mol. The van der Waals surface area contributed by atoms with Crippen molar-refractivity contribution in [1.29, 1.82) is 0 Å². The zero-order valence-corrected chi connectivity index (χ0v) is 18.2. The Kier molecular flexibility index (Phi) is 9.83. The minimum Gasteiger partial charge on any atom is -0.368 e. The lowest BCUT2D eigenvalue weighted by molar-refractivity contribution is -0.134. The summed E-state index contributed by atoms with van der Waals surface area (Å²) in [5, 5.41) is 0. The highest BCUT2D eigenvalue weighted by molar-refractivity contribution is 6.85. The van der Waals surface area contributed by atoms with Crippen LogP contribution >= 0.6 is 21.7 Å². The fourth-order valence-corrected chi connectivity index (χ4v) is 4.43. The van der Waals surface area contributed by atoms with Crippen LogP contribution in [0.5, 0.6) is 0 Å². The molecular weight excluding hydrogens is 416 g/mol. The maximum atomic E-state index is 12.9. The van der Waals surface area contributed by atoms with Gasteiger partial charge in [-0.15, -0.1) is 0 Å². The lowest BCUT2D eigenvalue weighted by Crippen LogP contribution is -2.63. The van der Waals surface area contributed by atoms with Crippen LogP contribution in [-0.4, -0.2) is 59.8 Å². The van der Waals surface area contributed by atoms with Gasteiger partial charge in [0.25, 0.3) is 0 Å². The van der Waals surface area contributed by atoms with Crippen LogP contribution in [0.3, 0.4) is 0 Å². The molecular formula is C21H30Cl2FN3O2. The van der Waals surface area contributed by atoms with Gasteiger partial charge in [0.1, 0.15) is 11.4 Å². The molecule has 0 unspecified atom stereocenters. The van der Waals surface area contributed by atoms with Gasteiger partial charge in [-0.2, -0.15) is 0 Å². The average molecular weight is 446 g/mol. The second-order valence-electron chi connectivity index (χ2n) is 7.82. The van der Waals surface area contributed by atoms with Crippen LogP contribution in [0.4, 0.5) is 4.39 Å². The molecule has 0 spiro atoms. The number of benzene rings is 1. The van der Waals surface area contributed by atoms with Crippen LogP contribution in [0.2, 0.25) is 0 Å². The van der Waals surface area contributed by atoms with E-state index in [1.807, 2.05) is 0 Å². The van der Waals surface area contributed by atoms with E-state index >= 15 is 0 Å². The third-order valence-electron chi connectivity index (χ3n) is 6.15. The number of piperidine rings is 2. The molecule has 0 bridgehead atoms. The molecule has 5 nitrogen and oxygen atoms in total. The van der Waals surface area contributed by atoms with E-state index in [0.717, 1.165) is 64.8 Å². The van der Waals surface area contributed by atoms with Crippen LogP contribution in [0.1, 0.15) is 55.3 Å². The Morgan fingerprint density at radius 1 is 1.00 bits per heavy atom. The summed E-state index contributed by atoms with van der Waals surface area (Å²) in [5.74, 6) is -0.464. The maximum Gasteiger partial charge on any atom is 0.238 e.